The Bertz CT molecular complexity index is 891. The number of thiazole rings is 1. The van der Waals surface area contributed by atoms with E-state index in [1.807, 2.05) is 46.7 Å². The van der Waals surface area contributed by atoms with E-state index < -0.39 is 0 Å². The fraction of sp³-hybridized carbons (Fsp3) is 0.250. The summed E-state index contributed by atoms with van der Waals surface area (Å²) in [6.45, 7) is 1.26. The van der Waals surface area contributed by atoms with Crippen LogP contribution in [0.5, 0.6) is 0 Å². The molecule has 2 aromatic heterocycles. The van der Waals surface area contributed by atoms with Gasteiger partial charge in [0, 0.05) is 36.6 Å². The number of rotatable bonds is 4. The van der Waals surface area contributed by atoms with Crippen molar-refractivity contribution in [1.29, 1.82) is 0 Å². The average molecular weight is 437 g/mol. The minimum Gasteiger partial charge on any atom is -0.340 e. The number of carbonyl (C=O) groups excluding carboxylic acids is 1. The molecule has 2 atom stereocenters. The molecule has 4 rings (SSSR count). The second-order valence-electron chi connectivity index (χ2n) is 6.52. The third-order valence-corrected chi connectivity index (χ3v) is 5.63. The van der Waals surface area contributed by atoms with Crippen molar-refractivity contribution in [3.8, 4) is 10.7 Å². The number of hydrogen-bond acceptors (Lipinski definition) is 5. The maximum atomic E-state index is 12.7. The summed E-state index contributed by atoms with van der Waals surface area (Å²) in [5, 5.41) is 2.78. The van der Waals surface area contributed by atoms with E-state index in [-0.39, 0.29) is 42.7 Å². The first-order chi connectivity index (χ1) is 12.7. The van der Waals surface area contributed by atoms with E-state index >= 15 is 0 Å². The molecule has 1 aromatic carbocycles. The second-order valence-corrected chi connectivity index (χ2v) is 7.37. The van der Waals surface area contributed by atoms with E-state index in [1.54, 1.807) is 6.20 Å². The van der Waals surface area contributed by atoms with Crippen LogP contribution in [0.2, 0.25) is 0 Å². The number of carbonyl (C=O) groups is 1. The van der Waals surface area contributed by atoms with Gasteiger partial charge in [0.1, 0.15) is 5.01 Å². The van der Waals surface area contributed by atoms with Gasteiger partial charge in [-0.15, -0.1) is 36.2 Å². The van der Waals surface area contributed by atoms with E-state index in [2.05, 4.69) is 22.1 Å². The van der Waals surface area contributed by atoms with Gasteiger partial charge in [0.2, 0.25) is 5.91 Å². The zero-order valence-electron chi connectivity index (χ0n) is 15.1. The zero-order chi connectivity index (χ0) is 17.9. The van der Waals surface area contributed by atoms with Crippen molar-refractivity contribution in [2.45, 2.75) is 18.4 Å². The van der Waals surface area contributed by atoms with Crippen LogP contribution in [-0.4, -0.2) is 39.9 Å². The van der Waals surface area contributed by atoms with Gasteiger partial charge in [-0.2, -0.15) is 0 Å². The number of likely N-dealkylation sites (tertiary alicyclic amines) is 1. The lowest BCUT2D eigenvalue weighted by Gasteiger charge is -2.16. The Hall–Kier alpha value is -1.99. The molecular formula is C20H22Cl2N4OS. The minimum atomic E-state index is -0.0270. The molecule has 5 nitrogen and oxygen atoms in total. The lowest BCUT2D eigenvalue weighted by molar-refractivity contribution is -0.129. The van der Waals surface area contributed by atoms with Crippen LogP contribution in [0.15, 0.2) is 60.1 Å². The van der Waals surface area contributed by atoms with Gasteiger partial charge in [0.15, 0.2) is 0 Å². The van der Waals surface area contributed by atoms with Gasteiger partial charge in [-0.05, 0) is 17.7 Å². The van der Waals surface area contributed by atoms with E-state index in [9.17, 15) is 4.79 Å². The van der Waals surface area contributed by atoms with Crippen molar-refractivity contribution in [3.63, 3.8) is 0 Å². The molecule has 0 spiro atoms. The minimum absolute atomic E-state index is 0. The Morgan fingerprint density at radius 2 is 1.86 bits per heavy atom. The SMILES string of the molecule is Cl.Cl.N[C@@H]1CN(C(=O)Cc2csc(-c3ccccn3)n2)C[C@H]1c1ccccc1. The Morgan fingerprint density at radius 1 is 1.11 bits per heavy atom. The smallest absolute Gasteiger partial charge is 0.228 e. The first-order valence-electron chi connectivity index (χ1n) is 8.65. The summed E-state index contributed by atoms with van der Waals surface area (Å²) in [6, 6.07) is 15.9. The van der Waals surface area contributed by atoms with Crippen molar-refractivity contribution in [2.75, 3.05) is 13.1 Å². The molecule has 8 heteroatoms. The van der Waals surface area contributed by atoms with Crippen LogP contribution in [0.1, 0.15) is 17.2 Å². The summed E-state index contributed by atoms with van der Waals surface area (Å²) < 4.78 is 0. The van der Waals surface area contributed by atoms with Gasteiger partial charge in [0.05, 0.1) is 17.8 Å². The monoisotopic (exact) mass is 436 g/mol. The lowest BCUT2D eigenvalue weighted by Crippen LogP contribution is -2.33. The largest absolute Gasteiger partial charge is 0.340 e. The number of pyridine rings is 1. The molecule has 148 valence electrons. The second kappa shape index (κ2) is 9.98. The molecule has 1 aliphatic heterocycles. The molecule has 1 saturated heterocycles. The van der Waals surface area contributed by atoms with E-state index in [1.165, 1.54) is 16.9 Å². The number of benzene rings is 1. The molecule has 0 bridgehead atoms. The number of halogens is 2. The summed E-state index contributed by atoms with van der Waals surface area (Å²) in [7, 11) is 0. The molecule has 2 N–H and O–H groups in total. The maximum Gasteiger partial charge on any atom is 0.228 e. The summed E-state index contributed by atoms with van der Waals surface area (Å²) in [5.41, 5.74) is 9.12. The Kier molecular flexibility index (Phi) is 7.95. The highest BCUT2D eigenvalue weighted by molar-refractivity contribution is 7.13. The first kappa shape index (κ1) is 22.3. The van der Waals surface area contributed by atoms with Crippen LogP contribution in [0.4, 0.5) is 0 Å². The Balaban J connectivity index is 0.00000140. The fourth-order valence-electron chi connectivity index (χ4n) is 3.35. The Morgan fingerprint density at radius 3 is 2.57 bits per heavy atom. The molecule has 0 unspecified atom stereocenters. The summed E-state index contributed by atoms with van der Waals surface area (Å²) in [6.07, 6.45) is 2.05. The van der Waals surface area contributed by atoms with Crippen LogP contribution in [0, 0.1) is 0 Å². The van der Waals surface area contributed by atoms with Crippen molar-refractivity contribution in [2.24, 2.45) is 5.73 Å². The normalized spacial score (nSPS) is 18.2. The summed E-state index contributed by atoms with van der Waals surface area (Å²) >= 11 is 1.52. The highest BCUT2D eigenvalue weighted by Crippen LogP contribution is 2.27. The number of nitrogens with two attached hydrogens (primary N) is 1. The number of amides is 1. The van der Waals surface area contributed by atoms with E-state index in [0.29, 0.717) is 19.5 Å². The highest BCUT2D eigenvalue weighted by atomic mass is 35.5. The van der Waals surface area contributed by atoms with Crippen molar-refractivity contribution < 1.29 is 4.79 Å². The number of nitrogens with zero attached hydrogens (tertiary/aromatic N) is 3. The Labute approximate surface area is 180 Å². The van der Waals surface area contributed by atoms with Gasteiger partial charge in [-0.1, -0.05) is 36.4 Å². The van der Waals surface area contributed by atoms with Gasteiger partial charge in [-0.3, -0.25) is 9.78 Å². The van der Waals surface area contributed by atoms with Crippen molar-refractivity contribution in [1.82, 2.24) is 14.9 Å². The van der Waals surface area contributed by atoms with Gasteiger partial charge < -0.3 is 10.6 Å². The predicted octanol–water partition coefficient (Wildman–Crippen LogP) is 3.54. The number of hydrogen-bond donors (Lipinski definition) is 1. The average Bonchev–Trinajstić information content (AvgIpc) is 3.30. The van der Waals surface area contributed by atoms with Gasteiger partial charge in [0.25, 0.3) is 0 Å². The molecule has 3 aromatic rings. The summed E-state index contributed by atoms with van der Waals surface area (Å²) in [5.74, 6) is 0.274. The van der Waals surface area contributed by atoms with E-state index in [4.69, 9.17) is 5.73 Å². The third kappa shape index (κ3) is 4.89. The van der Waals surface area contributed by atoms with Gasteiger partial charge in [-0.25, -0.2) is 4.98 Å². The predicted molar refractivity (Wildman–Crippen MR) is 117 cm³/mol. The lowest BCUT2D eigenvalue weighted by atomic mass is 9.95. The zero-order valence-corrected chi connectivity index (χ0v) is 17.6. The molecule has 1 fully saturated rings. The quantitative estimate of drug-likeness (QED) is 0.678. The molecule has 0 saturated carbocycles. The molecule has 1 aliphatic rings. The molecule has 3 heterocycles. The molecule has 28 heavy (non-hydrogen) atoms. The molecule has 0 radical (unpaired) electrons. The van der Waals surface area contributed by atoms with Crippen LogP contribution < -0.4 is 5.73 Å². The topological polar surface area (TPSA) is 72.1 Å². The maximum absolute atomic E-state index is 12.7. The van der Waals surface area contributed by atoms with Crippen molar-refractivity contribution in [3.05, 3.63) is 71.4 Å². The highest BCUT2D eigenvalue weighted by Gasteiger charge is 2.33. The van der Waals surface area contributed by atoms with Crippen LogP contribution in [0.3, 0.4) is 0 Å². The third-order valence-electron chi connectivity index (χ3n) is 4.71. The molecular weight excluding hydrogens is 415 g/mol. The standard InChI is InChI=1S/C20H20N4OS.2ClH/c21-17-12-24(11-16(17)14-6-2-1-3-7-14)19(25)10-15-13-26-20(23-15)18-8-4-5-9-22-18;;/h1-9,13,16-17H,10-12,21H2;2*1H/t16-,17+;;/m0../s1. The number of aromatic nitrogens is 2. The first-order valence-corrected chi connectivity index (χ1v) is 9.53. The fourth-order valence-corrected chi connectivity index (χ4v) is 4.14. The van der Waals surface area contributed by atoms with E-state index in [0.717, 1.165) is 16.4 Å². The van der Waals surface area contributed by atoms with Crippen LogP contribution in [-0.2, 0) is 11.2 Å². The van der Waals surface area contributed by atoms with Crippen LogP contribution >= 0.6 is 36.2 Å². The molecule has 1 amide bonds. The molecule has 0 aliphatic carbocycles. The van der Waals surface area contributed by atoms with Crippen LogP contribution in [0.25, 0.3) is 10.7 Å². The van der Waals surface area contributed by atoms with Crippen molar-refractivity contribution >= 4 is 42.1 Å². The van der Waals surface area contributed by atoms with Gasteiger partial charge >= 0.3 is 0 Å². The summed E-state index contributed by atoms with van der Waals surface area (Å²) in [4.78, 5) is 23.4.